The number of hydrogen-bond donors (Lipinski definition) is 2. The molecule has 1 aromatic carbocycles. The number of aromatic nitrogens is 2. The molecule has 1 spiro atoms. The minimum Gasteiger partial charge on any atom is -0.451 e. The van der Waals surface area contributed by atoms with Crippen molar-refractivity contribution in [1.29, 1.82) is 0 Å². The Morgan fingerprint density at radius 2 is 1.93 bits per heavy atom. The molecule has 2 fully saturated rings. The van der Waals surface area contributed by atoms with E-state index in [0.717, 1.165) is 12.8 Å². The summed E-state index contributed by atoms with van der Waals surface area (Å²) < 4.78 is 4.95. The molecule has 2 heterocycles. The van der Waals surface area contributed by atoms with Gasteiger partial charge in [-0.05, 0) is 43.7 Å². The maximum absolute atomic E-state index is 12.7. The van der Waals surface area contributed by atoms with Crippen molar-refractivity contribution in [3.63, 3.8) is 0 Å². The first-order valence-corrected chi connectivity index (χ1v) is 9.73. The molecule has 1 aromatic heterocycles. The first-order chi connectivity index (χ1) is 14.4. The lowest BCUT2D eigenvalue weighted by atomic mass is 9.77. The van der Waals surface area contributed by atoms with Crippen LogP contribution in [0.1, 0.15) is 43.1 Å². The van der Waals surface area contributed by atoms with Crippen molar-refractivity contribution in [2.45, 2.75) is 38.1 Å². The first-order valence-electron chi connectivity index (χ1n) is 9.73. The van der Waals surface area contributed by atoms with E-state index in [4.69, 9.17) is 4.74 Å². The summed E-state index contributed by atoms with van der Waals surface area (Å²) in [6, 6.07) is 6.33. The van der Waals surface area contributed by atoms with Crippen molar-refractivity contribution in [1.82, 2.24) is 25.7 Å². The lowest BCUT2D eigenvalue weighted by molar-refractivity contribution is -0.141. The molecular formula is C20H21N5O5. The molecule has 4 amide bonds. The number of para-hydroxylation sites is 2. The summed E-state index contributed by atoms with van der Waals surface area (Å²) in [6.45, 7) is 1.43. The first kappa shape index (κ1) is 19.7. The molecule has 10 nitrogen and oxygen atoms in total. The van der Waals surface area contributed by atoms with Crippen LogP contribution >= 0.6 is 0 Å². The molecule has 0 atom stereocenters. The highest BCUT2D eigenvalue weighted by Gasteiger charge is 2.52. The van der Waals surface area contributed by atoms with Crippen molar-refractivity contribution in [3.8, 4) is 0 Å². The number of nitrogens with one attached hydrogen (secondary N) is 2. The normalized spacial score (nSPS) is 23.5. The van der Waals surface area contributed by atoms with Crippen LogP contribution in [0.3, 0.4) is 0 Å². The molecule has 156 valence electrons. The van der Waals surface area contributed by atoms with Crippen LogP contribution in [0.25, 0.3) is 11.0 Å². The minimum atomic E-state index is -0.964. The molecule has 2 aromatic rings. The zero-order valence-corrected chi connectivity index (χ0v) is 16.4. The van der Waals surface area contributed by atoms with Crippen LogP contribution in [-0.4, -0.2) is 50.9 Å². The lowest BCUT2D eigenvalue weighted by Gasteiger charge is -2.33. The molecule has 1 saturated carbocycles. The van der Waals surface area contributed by atoms with Gasteiger partial charge in [-0.2, -0.15) is 5.01 Å². The molecule has 0 radical (unpaired) electrons. The smallest absolute Gasteiger partial charge is 0.359 e. The molecule has 10 heteroatoms. The van der Waals surface area contributed by atoms with Crippen LogP contribution in [0.5, 0.6) is 0 Å². The molecular weight excluding hydrogens is 390 g/mol. The summed E-state index contributed by atoms with van der Waals surface area (Å²) in [5.41, 5.74) is 2.34. The highest BCUT2D eigenvalue weighted by Crippen LogP contribution is 2.35. The van der Waals surface area contributed by atoms with Gasteiger partial charge in [-0.1, -0.05) is 19.1 Å². The van der Waals surface area contributed by atoms with Crippen LogP contribution in [-0.2, 0) is 14.3 Å². The zero-order valence-electron chi connectivity index (χ0n) is 16.4. The molecule has 0 unspecified atom stereocenters. The molecule has 4 rings (SSSR count). The van der Waals surface area contributed by atoms with Crippen molar-refractivity contribution in [2.75, 3.05) is 6.61 Å². The van der Waals surface area contributed by atoms with Crippen molar-refractivity contribution >= 4 is 34.8 Å². The third kappa shape index (κ3) is 3.68. The lowest BCUT2D eigenvalue weighted by Crippen LogP contribution is -2.52. The van der Waals surface area contributed by atoms with E-state index >= 15 is 0 Å². The summed E-state index contributed by atoms with van der Waals surface area (Å²) in [6.07, 6.45) is 3.95. The summed E-state index contributed by atoms with van der Waals surface area (Å²) in [4.78, 5) is 57.5. The van der Waals surface area contributed by atoms with Gasteiger partial charge < -0.3 is 10.1 Å². The maximum atomic E-state index is 12.7. The van der Waals surface area contributed by atoms with E-state index in [1.165, 1.54) is 6.20 Å². The fraction of sp³-hybridized carbons (Fsp3) is 0.400. The van der Waals surface area contributed by atoms with Crippen LogP contribution in [0.4, 0.5) is 4.79 Å². The second-order valence-corrected chi connectivity index (χ2v) is 7.69. The van der Waals surface area contributed by atoms with Gasteiger partial charge in [0.1, 0.15) is 5.54 Å². The van der Waals surface area contributed by atoms with E-state index in [9.17, 15) is 19.2 Å². The van der Waals surface area contributed by atoms with E-state index in [2.05, 4.69) is 27.6 Å². The van der Waals surface area contributed by atoms with E-state index in [-0.39, 0.29) is 5.69 Å². The Hall–Kier alpha value is -3.56. The maximum Gasteiger partial charge on any atom is 0.359 e. The van der Waals surface area contributed by atoms with Gasteiger partial charge in [0.2, 0.25) is 0 Å². The monoisotopic (exact) mass is 411 g/mol. The number of fused-ring (bicyclic) bond motifs is 1. The fourth-order valence-electron chi connectivity index (χ4n) is 3.73. The number of hydrazine groups is 1. The van der Waals surface area contributed by atoms with Crippen molar-refractivity contribution in [3.05, 3.63) is 36.2 Å². The van der Waals surface area contributed by atoms with Gasteiger partial charge in [-0.3, -0.25) is 20.0 Å². The predicted molar refractivity (Wildman–Crippen MR) is 104 cm³/mol. The summed E-state index contributed by atoms with van der Waals surface area (Å²) >= 11 is 0. The predicted octanol–water partition coefficient (Wildman–Crippen LogP) is 1.32. The zero-order chi connectivity index (χ0) is 21.3. The van der Waals surface area contributed by atoms with E-state index < -0.39 is 36.0 Å². The number of nitrogens with zero attached hydrogens (tertiary/aromatic N) is 3. The number of rotatable bonds is 4. The van der Waals surface area contributed by atoms with E-state index in [1.54, 1.807) is 24.3 Å². The second kappa shape index (κ2) is 7.69. The standard InChI is InChI=1S/C20H21N5O5/c1-12-6-8-20(9-7-12)18(28)25(19(29)23-20)24-16(26)11-30-17(27)15-10-21-13-4-2-3-5-14(13)22-15/h2-5,10,12H,6-9,11H2,1H3,(H,23,29)(H,24,26). The number of carbonyl (C=O) groups excluding carboxylic acids is 4. The van der Waals surface area contributed by atoms with E-state index in [1.807, 2.05) is 0 Å². The average molecular weight is 411 g/mol. The topological polar surface area (TPSA) is 131 Å². The van der Waals surface area contributed by atoms with Crippen molar-refractivity contribution < 1.29 is 23.9 Å². The Balaban J connectivity index is 1.34. The van der Waals surface area contributed by atoms with Gasteiger partial charge in [0.25, 0.3) is 11.8 Å². The highest BCUT2D eigenvalue weighted by molar-refractivity contribution is 6.08. The molecule has 1 aliphatic carbocycles. The number of hydrogen-bond acceptors (Lipinski definition) is 7. The molecule has 30 heavy (non-hydrogen) atoms. The largest absolute Gasteiger partial charge is 0.451 e. The van der Waals surface area contributed by atoms with Crippen LogP contribution in [0.15, 0.2) is 30.5 Å². The Morgan fingerprint density at radius 3 is 2.67 bits per heavy atom. The Bertz CT molecular complexity index is 1030. The van der Waals surface area contributed by atoms with Gasteiger partial charge in [-0.25, -0.2) is 14.6 Å². The SMILES string of the molecule is CC1CCC2(CC1)NC(=O)N(NC(=O)COC(=O)c1cnc3ccccc3n1)C2=O. The number of imide groups is 1. The minimum absolute atomic E-state index is 0.0493. The number of benzene rings is 1. The highest BCUT2D eigenvalue weighted by atomic mass is 16.5. The molecule has 0 bridgehead atoms. The number of carbonyl (C=O) groups is 4. The van der Waals surface area contributed by atoms with Crippen LogP contribution in [0.2, 0.25) is 0 Å². The molecule has 2 aliphatic rings. The third-order valence-corrected chi connectivity index (χ3v) is 5.52. The van der Waals surface area contributed by atoms with Gasteiger partial charge >= 0.3 is 12.0 Å². The number of urea groups is 1. The Morgan fingerprint density at radius 1 is 1.23 bits per heavy atom. The Labute approximate surface area is 172 Å². The number of esters is 1. The van der Waals surface area contributed by atoms with Gasteiger partial charge in [0.05, 0.1) is 17.2 Å². The van der Waals surface area contributed by atoms with Gasteiger partial charge in [-0.15, -0.1) is 0 Å². The molecule has 2 N–H and O–H groups in total. The quantitative estimate of drug-likeness (QED) is 0.573. The van der Waals surface area contributed by atoms with Gasteiger partial charge in [0, 0.05) is 0 Å². The van der Waals surface area contributed by atoms with Crippen LogP contribution < -0.4 is 10.7 Å². The summed E-state index contributed by atoms with van der Waals surface area (Å²) in [7, 11) is 0. The van der Waals surface area contributed by atoms with Crippen LogP contribution in [0, 0.1) is 5.92 Å². The summed E-state index contributed by atoms with van der Waals surface area (Å²) in [5, 5.41) is 3.37. The van der Waals surface area contributed by atoms with Crippen molar-refractivity contribution in [2.24, 2.45) is 5.92 Å². The third-order valence-electron chi connectivity index (χ3n) is 5.52. The van der Waals surface area contributed by atoms with E-state index in [0.29, 0.717) is 34.8 Å². The summed E-state index contributed by atoms with van der Waals surface area (Å²) in [5.74, 6) is -1.64. The number of ether oxygens (including phenoxy) is 1. The van der Waals surface area contributed by atoms with Gasteiger partial charge in [0.15, 0.2) is 12.3 Å². The second-order valence-electron chi connectivity index (χ2n) is 7.69. The molecule has 1 aliphatic heterocycles. The number of amides is 4. The fourth-order valence-corrected chi connectivity index (χ4v) is 3.73. The Kier molecular flexibility index (Phi) is 5.06. The average Bonchev–Trinajstić information content (AvgIpc) is 2.98. The molecule has 1 saturated heterocycles.